The fraction of sp³-hybridized carbons (Fsp3) is 0.545. The zero-order chi connectivity index (χ0) is 10.7. The van der Waals surface area contributed by atoms with E-state index in [9.17, 15) is 0 Å². The number of hydrogen-bond acceptors (Lipinski definition) is 3. The van der Waals surface area contributed by atoms with Crippen LogP contribution < -0.4 is 11.1 Å². The van der Waals surface area contributed by atoms with Crippen LogP contribution in [-0.2, 0) is 0 Å². The minimum Gasteiger partial charge on any atom is -0.396 e. The minimum absolute atomic E-state index is 0.381. The molecule has 1 atom stereocenters. The number of nitrogens with one attached hydrogen (secondary N) is 1. The van der Waals surface area contributed by atoms with Crippen LogP contribution in [0.5, 0.6) is 0 Å². The molecule has 3 heteroatoms. The van der Waals surface area contributed by atoms with Gasteiger partial charge in [-0.25, -0.2) is 4.98 Å². The topological polar surface area (TPSA) is 50.9 Å². The Balaban J connectivity index is 2.82. The van der Waals surface area contributed by atoms with Gasteiger partial charge in [-0.15, -0.1) is 0 Å². The molecule has 1 unspecified atom stereocenters. The van der Waals surface area contributed by atoms with E-state index in [0.717, 1.165) is 17.1 Å². The van der Waals surface area contributed by atoms with E-state index < -0.39 is 0 Å². The average molecular weight is 193 g/mol. The van der Waals surface area contributed by atoms with Crippen LogP contribution in [0.1, 0.15) is 26.3 Å². The first-order valence-corrected chi connectivity index (χ1v) is 5.00. The second-order valence-electron chi connectivity index (χ2n) is 4.07. The maximum atomic E-state index is 5.91. The van der Waals surface area contributed by atoms with Crippen LogP contribution in [0.25, 0.3) is 0 Å². The van der Waals surface area contributed by atoms with Crippen molar-refractivity contribution in [1.82, 2.24) is 4.98 Å². The molecular weight excluding hydrogens is 174 g/mol. The molecule has 78 valence electrons. The summed E-state index contributed by atoms with van der Waals surface area (Å²) < 4.78 is 0. The Morgan fingerprint density at radius 2 is 2.00 bits per heavy atom. The van der Waals surface area contributed by atoms with Crippen molar-refractivity contribution in [3.05, 3.63) is 17.8 Å². The maximum Gasteiger partial charge on any atom is 0.149 e. The van der Waals surface area contributed by atoms with Gasteiger partial charge in [-0.2, -0.15) is 0 Å². The highest BCUT2D eigenvalue weighted by molar-refractivity contribution is 5.65. The number of anilines is 2. The van der Waals surface area contributed by atoms with Crippen molar-refractivity contribution in [3.63, 3.8) is 0 Å². The summed E-state index contributed by atoms with van der Waals surface area (Å²) in [7, 11) is 0. The van der Waals surface area contributed by atoms with Crippen molar-refractivity contribution in [1.29, 1.82) is 0 Å². The van der Waals surface area contributed by atoms with Gasteiger partial charge in [0.25, 0.3) is 0 Å². The minimum atomic E-state index is 0.381. The van der Waals surface area contributed by atoms with Crippen molar-refractivity contribution in [2.45, 2.75) is 33.7 Å². The summed E-state index contributed by atoms with van der Waals surface area (Å²) in [5.74, 6) is 1.36. The van der Waals surface area contributed by atoms with Crippen molar-refractivity contribution >= 4 is 11.5 Å². The smallest absolute Gasteiger partial charge is 0.149 e. The third-order valence-corrected chi connectivity index (χ3v) is 2.57. The van der Waals surface area contributed by atoms with Gasteiger partial charge >= 0.3 is 0 Å². The molecule has 1 aromatic rings. The molecule has 0 fully saturated rings. The normalized spacial score (nSPS) is 12.9. The lowest BCUT2D eigenvalue weighted by Gasteiger charge is -2.19. The highest BCUT2D eigenvalue weighted by Gasteiger charge is 2.09. The summed E-state index contributed by atoms with van der Waals surface area (Å²) in [4.78, 5) is 4.23. The molecule has 3 N–H and O–H groups in total. The molecule has 0 aliphatic heterocycles. The van der Waals surface area contributed by atoms with Crippen LogP contribution in [0, 0.1) is 12.8 Å². The summed E-state index contributed by atoms with van der Waals surface area (Å²) in [6, 6.07) is 2.30. The Hall–Kier alpha value is -1.25. The molecule has 0 aromatic carbocycles. The van der Waals surface area contributed by atoms with Crippen LogP contribution in [0.2, 0.25) is 0 Å². The fourth-order valence-corrected chi connectivity index (χ4v) is 1.07. The Kier molecular flexibility index (Phi) is 3.33. The molecule has 0 saturated heterocycles. The third-order valence-electron chi connectivity index (χ3n) is 2.57. The molecule has 0 saturated carbocycles. The SMILES string of the molecule is Cc1ccnc(NC(C)C(C)C)c1N. The van der Waals surface area contributed by atoms with Crippen LogP contribution in [0.3, 0.4) is 0 Å². The summed E-state index contributed by atoms with van der Waals surface area (Å²) in [5, 5.41) is 3.31. The van der Waals surface area contributed by atoms with Crippen molar-refractivity contribution < 1.29 is 0 Å². The van der Waals surface area contributed by atoms with Gasteiger partial charge in [-0.1, -0.05) is 13.8 Å². The van der Waals surface area contributed by atoms with E-state index in [2.05, 4.69) is 31.1 Å². The van der Waals surface area contributed by atoms with Gasteiger partial charge in [-0.3, -0.25) is 0 Å². The molecule has 0 aliphatic carbocycles. The number of nitrogen functional groups attached to an aromatic ring is 1. The van der Waals surface area contributed by atoms with Gasteiger partial charge in [0.1, 0.15) is 5.82 Å². The molecule has 0 bridgehead atoms. The van der Waals surface area contributed by atoms with Crippen molar-refractivity contribution in [2.75, 3.05) is 11.1 Å². The van der Waals surface area contributed by atoms with Crippen molar-refractivity contribution in [2.24, 2.45) is 5.92 Å². The lowest BCUT2D eigenvalue weighted by Crippen LogP contribution is -2.22. The molecular formula is C11H19N3. The summed E-state index contributed by atoms with van der Waals surface area (Å²) in [6.07, 6.45) is 1.78. The van der Waals surface area contributed by atoms with E-state index in [1.807, 2.05) is 13.0 Å². The number of aryl methyl sites for hydroxylation is 1. The molecule has 0 radical (unpaired) electrons. The Labute approximate surface area is 85.7 Å². The highest BCUT2D eigenvalue weighted by Crippen LogP contribution is 2.20. The molecule has 0 spiro atoms. The van der Waals surface area contributed by atoms with Gasteiger partial charge < -0.3 is 11.1 Å². The van der Waals surface area contributed by atoms with Gasteiger partial charge in [-0.05, 0) is 31.4 Å². The molecule has 1 rings (SSSR count). The predicted octanol–water partition coefficient (Wildman–Crippen LogP) is 2.43. The Bertz CT molecular complexity index is 307. The van der Waals surface area contributed by atoms with Gasteiger partial charge in [0, 0.05) is 12.2 Å². The number of nitrogens with two attached hydrogens (primary N) is 1. The zero-order valence-electron chi connectivity index (χ0n) is 9.33. The molecule has 3 nitrogen and oxygen atoms in total. The summed E-state index contributed by atoms with van der Waals surface area (Å²) >= 11 is 0. The monoisotopic (exact) mass is 193 g/mol. The number of pyridine rings is 1. The zero-order valence-corrected chi connectivity index (χ0v) is 9.33. The highest BCUT2D eigenvalue weighted by atomic mass is 15.0. The van der Waals surface area contributed by atoms with Gasteiger partial charge in [0.2, 0.25) is 0 Å². The van der Waals surface area contributed by atoms with E-state index >= 15 is 0 Å². The average Bonchev–Trinajstić information content (AvgIpc) is 2.12. The van der Waals surface area contributed by atoms with E-state index in [1.54, 1.807) is 6.20 Å². The largest absolute Gasteiger partial charge is 0.396 e. The predicted molar refractivity (Wildman–Crippen MR) is 61.3 cm³/mol. The van der Waals surface area contributed by atoms with Gasteiger partial charge in [0.05, 0.1) is 5.69 Å². The van der Waals surface area contributed by atoms with Crippen LogP contribution >= 0.6 is 0 Å². The standard InChI is InChI=1S/C11H19N3/c1-7(2)9(4)14-11-10(12)8(3)5-6-13-11/h5-7,9H,12H2,1-4H3,(H,13,14). The number of hydrogen-bond donors (Lipinski definition) is 2. The molecule has 1 aromatic heterocycles. The van der Waals surface area contributed by atoms with E-state index in [-0.39, 0.29) is 0 Å². The second kappa shape index (κ2) is 4.31. The Morgan fingerprint density at radius 3 is 2.57 bits per heavy atom. The number of nitrogens with zero attached hydrogens (tertiary/aromatic N) is 1. The van der Waals surface area contributed by atoms with Crippen LogP contribution in [-0.4, -0.2) is 11.0 Å². The molecule has 0 aliphatic rings. The maximum absolute atomic E-state index is 5.91. The second-order valence-corrected chi connectivity index (χ2v) is 4.07. The van der Waals surface area contributed by atoms with E-state index in [0.29, 0.717) is 12.0 Å². The van der Waals surface area contributed by atoms with Gasteiger partial charge in [0.15, 0.2) is 0 Å². The van der Waals surface area contributed by atoms with Crippen LogP contribution in [0.15, 0.2) is 12.3 Å². The van der Waals surface area contributed by atoms with E-state index in [4.69, 9.17) is 5.73 Å². The number of rotatable bonds is 3. The first-order chi connectivity index (χ1) is 6.52. The van der Waals surface area contributed by atoms with E-state index in [1.165, 1.54) is 0 Å². The number of aromatic nitrogens is 1. The summed E-state index contributed by atoms with van der Waals surface area (Å²) in [5.41, 5.74) is 7.72. The first kappa shape index (κ1) is 10.8. The fourth-order valence-electron chi connectivity index (χ4n) is 1.07. The van der Waals surface area contributed by atoms with Crippen molar-refractivity contribution in [3.8, 4) is 0 Å². The Morgan fingerprint density at radius 1 is 1.36 bits per heavy atom. The third kappa shape index (κ3) is 2.37. The lowest BCUT2D eigenvalue weighted by molar-refractivity contribution is 0.558. The first-order valence-electron chi connectivity index (χ1n) is 5.00. The van der Waals surface area contributed by atoms with Crippen LogP contribution in [0.4, 0.5) is 11.5 Å². The molecule has 14 heavy (non-hydrogen) atoms. The molecule has 0 amide bonds. The lowest BCUT2D eigenvalue weighted by atomic mass is 10.1. The molecule has 1 heterocycles. The quantitative estimate of drug-likeness (QED) is 0.775. The summed E-state index contributed by atoms with van der Waals surface area (Å²) in [6.45, 7) is 8.46.